The maximum absolute atomic E-state index is 10.5. The predicted octanol–water partition coefficient (Wildman–Crippen LogP) is 5.69. The quantitative estimate of drug-likeness (QED) is 0.436. The second-order valence-electron chi connectivity index (χ2n) is 7.09. The van der Waals surface area contributed by atoms with Gasteiger partial charge < -0.3 is 14.8 Å². The molecule has 1 aliphatic rings. The third kappa shape index (κ3) is 3.06. The first-order valence-electron chi connectivity index (χ1n) is 9.53. The van der Waals surface area contributed by atoms with Gasteiger partial charge in [-0.15, -0.1) is 12.4 Å². The summed E-state index contributed by atoms with van der Waals surface area (Å²) in [5.74, 6) is 1.59. The van der Waals surface area contributed by atoms with Crippen LogP contribution in [0.3, 0.4) is 0 Å². The highest BCUT2D eigenvalue weighted by Crippen LogP contribution is 2.37. The van der Waals surface area contributed by atoms with E-state index in [0.29, 0.717) is 17.1 Å². The van der Waals surface area contributed by atoms with E-state index in [1.54, 1.807) is 0 Å². The van der Waals surface area contributed by atoms with E-state index in [-0.39, 0.29) is 18.2 Å². The van der Waals surface area contributed by atoms with E-state index in [1.807, 2.05) is 43.3 Å². The molecule has 5 rings (SSSR count). The first-order valence-corrected chi connectivity index (χ1v) is 9.53. The Morgan fingerprint density at radius 1 is 1.07 bits per heavy atom. The topological polar surface area (TPSA) is 71.2 Å². The van der Waals surface area contributed by atoms with Crippen molar-refractivity contribution in [2.45, 2.75) is 39.0 Å². The summed E-state index contributed by atoms with van der Waals surface area (Å²) < 4.78 is 6.04. The van der Waals surface area contributed by atoms with Gasteiger partial charge in [-0.05, 0) is 61.1 Å². The lowest BCUT2D eigenvalue weighted by Gasteiger charge is -2.18. The van der Waals surface area contributed by atoms with Crippen LogP contribution in [0.4, 0.5) is 11.5 Å². The van der Waals surface area contributed by atoms with Crippen LogP contribution in [0.25, 0.3) is 22.1 Å². The van der Waals surface area contributed by atoms with E-state index in [9.17, 15) is 5.11 Å². The summed E-state index contributed by atoms with van der Waals surface area (Å²) in [6, 6.07) is 11.8. The van der Waals surface area contributed by atoms with Crippen molar-refractivity contribution in [2.24, 2.45) is 0 Å². The number of phenolic OH excluding ortho intramolecular Hbond substituents is 1. The number of aromatic hydroxyl groups is 1. The molecule has 0 radical (unpaired) electrons. The number of aromatic nitrogens is 2. The van der Waals surface area contributed by atoms with E-state index in [1.165, 1.54) is 24.0 Å². The number of rotatable bonds is 3. The number of benzene rings is 2. The second kappa shape index (κ2) is 7.32. The fraction of sp³-hybridized carbons (Fsp3) is 0.273. The van der Waals surface area contributed by atoms with Crippen LogP contribution in [0.15, 0.2) is 40.8 Å². The maximum atomic E-state index is 10.5. The van der Waals surface area contributed by atoms with E-state index in [0.717, 1.165) is 41.6 Å². The molecule has 0 unspecified atom stereocenters. The number of halogens is 1. The van der Waals surface area contributed by atoms with Gasteiger partial charge in [-0.1, -0.05) is 19.1 Å². The SMILES string of the molecule is CCc1nc(Nc2cc3c(cc2O)CCCC3)c2oc3ccccc3c2n1.Cl. The molecule has 0 saturated heterocycles. The summed E-state index contributed by atoms with van der Waals surface area (Å²) in [7, 11) is 0. The summed E-state index contributed by atoms with van der Waals surface area (Å²) in [6.45, 7) is 2.03. The Bertz CT molecular complexity index is 1170. The number of aryl methyl sites for hydroxylation is 3. The minimum Gasteiger partial charge on any atom is -0.506 e. The number of para-hydroxylation sites is 1. The zero-order valence-corrected chi connectivity index (χ0v) is 16.5. The Labute approximate surface area is 169 Å². The van der Waals surface area contributed by atoms with Gasteiger partial charge in [-0.3, -0.25) is 0 Å². The van der Waals surface area contributed by atoms with Gasteiger partial charge in [-0.2, -0.15) is 0 Å². The highest BCUT2D eigenvalue weighted by atomic mass is 35.5. The Kier molecular flexibility index (Phi) is 4.85. The van der Waals surface area contributed by atoms with Gasteiger partial charge in [0.2, 0.25) is 0 Å². The van der Waals surface area contributed by atoms with Gasteiger partial charge in [0, 0.05) is 11.8 Å². The Morgan fingerprint density at radius 2 is 1.82 bits per heavy atom. The smallest absolute Gasteiger partial charge is 0.196 e. The fourth-order valence-electron chi connectivity index (χ4n) is 3.88. The van der Waals surface area contributed by atoms with E-state index >= 15 is 0 Å². The lowest BCUT2D eigenvalue weighted by Crippen LogP contribution is -2.05. The summed E-state index contributed by atoms with van der Waals surface area (Å²) in [6.07, 6.45) is 5.18. The molecule has 2 heterocycles. The molecule has 2 aromatic heterocycles. The molecular weight excluding hydrogens is 374 g/mol. The molecule has 2 N–H and O–H groups in total. The van der Waals surface area contributed by atoms with E-state index < -0.39 is 0 Å². The van der Waals surface area contributed by atoms with Crippen LogP contribution in [0.1, 0.15) is 36.7 Å². The van der Waals surface area contributed by atoms with Crippen molar-refractivity contribution < 1.29 is 9.52 Å². The second-order valence-corrected chi connectivity index (χ2v) is 7.09. The normalized spacial score (nSPS) is 13.3. The molecule has 0 saturated carbocycles. The zero-order valence-electron chi connectivity index (χ0n) is 15.7. The molecule has 1 aliphatic carbocycles. The average molecular weight is 396 g/mol. The average Bonchev–Trinajstić information content (AvgIpc) is 3.07. The predicted molar refractivity (Wildman–Crippen MR) is 114 cm³/mol. The van der Waals surface area contributed by atoms with Crippen molar-refractivity contribution in [1.82, 2.24) is 9.97 Å². The van der Waals surface area contributed by atoms with Crippen molar-refractivity contribution in [1.29, 1.82) is 0 Å². The molecular formula is C22H22ClN3O2. The monoisotopic (exact) mass is 395 g/mol. The number of hydrogen-bond donors (Lipinski definition) is 2. The molecule has 28 heavy (non-hydrogen) atoms. The van der Waals surface area contributed by atoms with Gasteiger partial charge in [0.05, 0.1) is 5.69 Å². The van der Waals surface area contributed by atoms with Gasteiger partial charge >= 0.3 is 0 Å². The summed E-state index contributed by atoms with van der Waals surface area (Å²) in [5.41, 5.74) is 5.41. The van der Waals surface area contributed by atoms with Crippen molar-refractivity contribution in [2.75, 3.05) is 5.32 Å². The highest BCUT2D eigenvalue weighted by Gasteiger charge is 2.18. The molecule has 0 aliphatic heterocycles. The molecule has 2 aromatic carbocycles. The van der Waals surface area contributed by atoms with Crippen LogP contribution < -0.4 is 5.32 Å². The van der Waals surface area contributed by atoms with Crippen LogP contribution in [-0.2, 0) is 19.3 Å². The van der Waals surface area contributed by atoms with E-state index in [2.05, 4.69) is 15.3 Å². The first-order chi connectivity index (χ1) is 13.2. The standard InChI is InChI=1S/C22H21N3O2.ClH/c1-2-19-24-20-15-9-5-6-10-18(15)27-21(20)22(25-19)23-16-11-13-7-3-4-8-14(13)12-17(16)26;/h5-6,9-12,26H,2-4,7-8H2,1H3,(H,23,24,25);1H. The molecule has 0 spiro atoms. The molecule has 6 heteroatoms. The molecule has 144 valence electrons. The number of anilines is 2. The number of nitrogens with zero attached hydrogens (tertiary/aromatic N) is 2. The van der Waals surface area contributed by atoms with Crippen LogP contribution in [-0.4, -0.2) is 15.1 Å². The molecule has 5 nitrogen and oxygen atoms in total. The molecule has 0 bridgehead atoms. The largest absolute Gasteiger partial charge is 0.506 e. The highest BCUT2D eigenvalue weighted by molar-refractivity contribution is 6.06. The van der Waals surface area contributed by atoms with Crippen molar-refractivity contribution in [3.8, 4) is 5.75 Å². The minimum atomic E-state index is 0. The Morgan fingerprint density at radius 3 is 2.61 bits per heavy atom. The van der Waals surface area contributed by atoms with Crippen molar-refractivity contribution in [3.63, 3.8) is 0 Å². The minimum absolute atomic E-state index is 0. The molecule has 0 fully saturated rings. The molecule has 0 amide bonds. The van der Waals surface area contributed by atoms with Gasteiger partial charge in [-0.25, -0.2) is 9.97 Å². The van der Waals surface area contributed by atoms with Crippen molar-refractivity contribution >= 4 is 46.0 Å². The molecule has 4 aromatic rings. The number of furan rings is 1. The van der Waals surface area contributed by atoms with Crippen LogP contribution in [0.2, 0.25) is 0 Å². The van der Waals surface area contributed by atoms with E-state index in [4.69, 9.17) is 4.42 Å². The first kappa shape index (κ1) is 18.6. The van der Waals surface area contributed by atoms with Gasteiger partial charge in [0.25, 0.3) is 0 Å². The van der Waals surface area contributed by atoms with Gasteiger partial charge in [0.1, 0.15) is 22.7 Å². The zero-order chi connectivity index (χ0) is 18.4. The molecule has 0 atom stereocenters. The van der Waals surface area contributed by atoms with Crippen LogP contribution >= 0.6 is 12.4 Å². The van der Waals surface area contributed by atoms with Gasteiger partial charge in [0.15, 0.2) is 11.4 Å². The fourth-order valence-corrected chi connectivity index (χ4v) is 3.88. The third-order valence-electron chi connectivity index (χ3n) is 5.30. The summed E-state index contributed by atoms with van der Waals surface area (Å²) >= 11 is 0. The lowest BCUT2D eigenvalue weighted by molar-refractivity contribution is 0.475. The maximum Gasteiger partial charge on any atom is 0.196 e. The van der Waals surface area contributed by atoms with Crippen LogP contribution in [0.5, 0.6) is 5.75 Å². The van der Waals surface area contributed by atoms with Crippen molar-refractivity contribution in [3.05, 3.63) is 53.3 Å². The Balaban J connectivity index is 0.00000192. The number of nitrogens with one attached hydrogen (secondary N) is 1. The lowest BCUT2D eigenvalue weighted by atomic mass is 9.91. The summed E-state index contributed by atoms with van der Waals surface area (Å²) in [4.78, 5) is 9.31. The number of hydrogen-bond acceptors (Lipinski definition) is 5. The summed E-state index contributed by atoms with van der Waals surface area (Å²) in [5, 5.41) is 14.8. The Hall–Kier alpha value is -2.79. The van der Waals surface area contributed by atoms with Crippen LogP contribution in [0, 0.1) is 0 Å². The third-order valence-corrected chi connectivity index (χ3v) is 5.30. The number of phenols is 1. The number of fused-ring (bicyclic) bond motifs is 4.